The lowest BCUT2D eigenvalue weighted by Gasteiger charge is -2.22. The Balaban J connectivity index is 1.31. The van der Waals surface area contributed by atoms with Crippen LogP contribution in [0.4, 0.5) is 0 Å². The zero-order chi connectivity index (χ0) is 17.2. The summed E-state index contributed by atoms with van der Waals surface area (Å²) in [6.07, 6.45) is 6.33. The highest BCUT2D eigenvalue weighted by atomic mass is 16.2. The molecule has 0 spiro atoms. The summed E-state index contributed by atoms with van der Waals surface area (Å²) in [7, 11) is 0. The average molecular weight is 340 g/mol. The molecule has 5 nitrogen and oxygen atoms in total. The molecule has 1 saturated heterocycles. The fourth-order valence-corrected chi connectivity index (χ4v) is 3.81. The molecule has 2 fully saturated rings. The van der Waals surface area contributed by atoms with Gasteiger partial charge in [-0.1, -0.05) is 11.6 Å². The third-order valence-electron chi connectivity index (χ3n) is 5.49. The maximum Gasteiger partial charge on any atom is 0.224 e. The van der Waals surface area contributed by atoms with Crippen LogP contribution in [0.25, 0.3) is 10.9 Å². The molecule has 0 unspecified atom stereocenters. The predicted octanol–water partition coefficient (Wildman–Crippen LogP) is 2.68. The Morgan fingerprint density at radius 3 is 2.92 bits per heavy atom. The number of hydrogen-bond acceptors (Lipinski definition) is 3. The minimum atomic E-state index is 0.268. The fourth-order valence-electron chi connectivity index (χ4n) is 3.81. The molecule has 134 valence electrons. The number of amides is 1. The predicted molar refractivity (Wildman–Crippen MR) is 99.4 cm³/mol. The van der Waals surface area contributed by atoms with E-state index in [9.17, 15) is 4.79 Å². The van der Waals surface area contributed by atoms with Gasteiger partial charge in [-0.2, -0.15) is 5.10 Å². The van der Waals surface area contributed by atoms with Crippen LogP contribution in [0.15, 0.2) is 24.4 Å². The minimum Gasteiger partial charge on any atom is -0.341 e. The van der Waals surface area contributed by atoms with Crippen LogP contribution in [0.3, 0.4) is 0 Å². The quantitative estimate of drug-likeness (QED) is 0.840. The summed E-state index contributed by atoms with van der Waals surface area (Å²) in [6.45, 7) is 7.94. The standard InChI is InChI=1S/C20H28N4O/c1-16-3-6-19-18(13-16)14-21-24(19)10-7-20(25)23-9-2-8-22(11-12-23)15-17-4-5-17/h3,6,13-14,17H,2,4-5,7-12,15H2,1H3. The molecule has 1 aromatic heterocycles. The Morgan fingerprint density at radius 2 is 2.08 bits per heavy atom. The van der Waals surface area contributed by atoms with Gasteiger partial charge in [-0.3, -0.25) is 9.48 Å². The molecule has 2 aromatic rings. The molecule has 1 aliphatic carbocycles. The normalized spacial score (nSPS) is 19.3. The maximum atomic E-state index is 12.6. The third kappa shape index (κ3) is 4.03. The third-order valence-corrected chi connectivity index (χ3v) is 5.49. The molecule has 1 saturated carbocycles. The summed E-state index contributed by atoms with van der Waals surface area (Å²) in [5.74, 6) is 1.20. The van der Waals surface area contributed by atoms with Gasteiger partial charge in [0.15, 0.2) is 0 Å². The van der Waals surface area contributed by atoms with Crippen LogP contribution in [0.5, 0.6) is 0 Å². The molecule has 25 heavy (non-hydrogen) atoms. The van der Waals surface area contributed by atoms with Crippen molar-refractivity contribution in [2.24, 2.45) is 5.92 Å². The van der Waals surface area contributed by atoms with E-state index in [1.807, 2.05) is 10.9 Å². The van der Waals surface area contributed by atoms with Gasteiger partial charge in [0.05, 0.1) is 18.3 Å². The van der Waals surface area contributed by atoms with E-state index < -0.39 is 0 Å². The van der Waals surface area contributed by atoms with Crippen LogP contribution in [0.2, 0.25) is 0 Å². The number of aromatic nitrogens is 2. The summed E-state index contributed by atoms with van der Waals surface area (Å²) in [6, 6.07) is 6.35. The highest BCUT2D eigenvalue weighted by molar-refractivity contribution is 5.80. The Labute approximate surface area is 149 Å². The molecular formula is C20H28N4O. The van der Waals surface area contributed by atoms with Gasteiger partial charge < -0.3 is 9.80 Å². The van der Waals surface area contributed by atoms with Gasteiger partial charge in [-0.05, 0) is 50.8 Å². The Hall–Kier alpha value is -1.88. The number of aryl methyl sites for hydroxylation is 2. The lowest BCUT2D eigenvalue weighted by Crippen LogP contribution is -2.36. The van der Waals surface area contributed by atoms with Crippen molar-refractivity contribution >= 4 is 16.8 Å². The van der Waals surface area contributed by atoms with Gasteiger partial charge in [0, 0.05) is 38.0 Å². The van der Waals surface area contributed by atoms with E-state index in [0.29, 0.717) is 13.0 Å². The Morgan fingerprint density at radius 1 is 1.20 bits per heavy atom. The monoisotopic (exact) mass is 340 g/mol. The minimum absolute atomic E-state index is 0.268. The summed E-state index contributed by atoms with van der Waals surface area (Å²) in [5.41, 5.74) is 2.35. The van der Waals surface area contributed by atoms with E-state index in [1.54, 1.807) is 0 Å². The molecule has 1 aromatic carbocycles. The molecule has 5 heteroatoms. The molecule has 2 aliphatic rings. The first-order valence-corrected chi connectivity index (χ1v) is 9.61. The van der Waals surface area contributed by atoms with Crippen LogP contribution >= 0.6 is 0 Å². The van der Waals surface area contributed by atoms with Gasteiger partial charge >= 0.3 is 0 Å². The first-order chi connectivity index (χ1) is 12.2. The summed E-state index contributed by atoms with van der Waals surface area (Å²) >= 11 is 0. The maximum absolute atomic E-state index is 12.6. The second-order valence-electron chi connectivity index (χ2n) is 7.66. The van der Waals surface area contributed by atoms with Gasteiger partial charge in [-0.15, -0.1) is 0 Å². The van der Waals surface area contributed by atoms with Crippen molar-refractivity contribution < 1.29 is 4.79 Å². The summed E-state index contributed by atoms with van der Waals surface area (Å²) < 4.78 is 1.96. The molecule has 1 aliphatic heterocycles. The van der Waals surface area contributed by atoms with Crippen molar-refractivity contribution in [3.63, 3.8) is 0 Å². The van der Waals surface area contributed by atoms with Crippen molar-refractivity contribution in [2.75, 3.05) is 32.7 Å². The summed E-state index contributed by atoms with van der Waals surface area (Å²) in [4.78, 5) is 17.3. The molecule has 0 atom stereocenters. The van der Waals surface area contributed by atoms with E-state index in [2.05, 4.69) is 40.0 Å². The number of rotatable bonds is 5. The second-order valence-corrected chi connectivity index (χ2v) is 7.66. The zero-order valence-corrected chi connectivity index (χ0v) is 15.2. The van der Waals surface area contributed by atoms with Crippen molar-refractivity contribution in [3.05, 3.63) is 30.0 Å². The van der Waals surface area contributed by atoms with E-state index >= 15 is 0 Å². The number of hydrogen-bond donors (Lipinski definition) is 0. The van der Waals surface area contributed by atoms with Crippen LogP contribution in [0.1, 0.15) is 31.2 Å². The smallest absolute Gasteiger partial charge is 0.224 e. The highest BCUT2D eigenvalue weighted by Gasteiger charge is 2.26. The summed E-state index contributed by atoms with van der Waals surface area (Å²) in [5, 5.41) is 5.61. The number of fused-ring (bicyclic) bond motifs is 1. The molecule has 0 radical (unpaired) electrons. The number of carbonyl (C=O) groups excluding carboxylic acids is 1. The average Bonchev–Trinajstić information content (AvgIpc) is 3.37. The molecule has 4 rings (SSSR count). The molecule has 0 bridgehead atoms. The Bertz CT molecular complexity index is 749. The number of benzene rings is 1. The highest BCUT2D eigenvalue weighted by Crippen LogP contribution is 2.29. The van der Waals surface area contributed by atoms with Crippen LogP contribution in [-0.4, -0.2) is 58.2 Å². The number of carbonyl (C=O) groups is 1. The van der Waals surface area contributed by atoms with Crippen LogP contribution in [-0.2, 0) is 11.3 Å². The van der Waals surface area contributed by atoms with E-state index in [0.717, 1.165) is 49.4 Å². The second kappa shape index (κ2) is 7.16. The molecular weight excluding hydrogens is 312 g/mol. The van der Waals surface area contributed by atoms with Crippen LogP contribution in [0, 0.1) is 12.8 Å². The largest absolute Gasteiger partial charge is 0.341 e. The van der Waals surface area contributed by atoms with E-state index in [-0.39, 0.29) is 5.91 Å². The molecule has 1 amide bonds. The van der Waals surface area contributed by atoms with Crippen molar-refractivity contribution in [2.45, 2.75) is 39.2 Å². The van der Waals surface area contributed by atoms with Crippen molar-refractivity contribution in [3.8, 4) is 0 Å². The fraction of sp³-hybridized carbons (Fsp3) is 0.600. The first kappa shape index (κ1) is 16.6. The van der Waals surface area contributed by atoms with Crippen molar-refractivity contribution in [1.29, 1.82) is 0 Å². The van der Waals surface area contributed by atoms with Gasteiger partial charge in [0.1, 0.15) is 0 Å². The SMILES string of the molecule is Cc1ccc2c(cnn2CCC(=O)N2CCCN(CC3CC3)CC2)c1. The van der Waals surface area contributed by atoms with E-state index in [4.69, 9.17) is 0 Å². The molecule has 0 N–H and O–H groups in total. The van der Waals surface area contributed by atoms with E-state index in [1.165, 1.54) is 24.9 Å². The lowest BCUT2D eigenvalue weighted by atomic mass is 10.2. The zero-order valence-electron chi connectivity index (χ0n) is 15.2. The number of nitrogens with zero attached hydrogens (tertiary/aromatic N) is 4. The lowest BCUT2D eigenvalue weighted by molar-refractivity contribution is -0.131. The first-order valence-electron chi connectivity index (χ1n) is 9.61. The Kier molecular flexibility index (Phi) is 4.75. The van der Waals surface area contributed by atoms with Gasteiger partial charge in [0.25, 0.3) is 0 Å². The van der Waals surface area contributed by atoms with Crippen LogP contribution < -0.4 is 0 Å². The van der Waals surface area contributed by atoms with Gasteiger partial charge in [-0.25, -0.2) is 0 Å². The van der Waals surface area contributed by atoms with Gasteiger partial charge in [0.2, 0.25) is 5.91 Å². The molecule has 2 heterocycles. The van der Waals surface area contributed by atoms with Crippen molar-refractivity contribution in [1.82, 2.24) is 19.6 Å². The topological polar surface area (TPSA) is 41.4 Å².